The third kappa shape index (κ3) is 10.7. The van der Waals surface area contributed by atoms with Crippen molar-refractivity contribution in [2.24, 2.45) is 0 Å². The molecular weight excluding hydrogens is 777 g/mol. The number of nitrogens with one attached hydrogen (secondary N) is 5. The molecule has 0 spiro atoms. The molecular formula is C46H50N8O7. The summed E-state index contributed by atoms with van der Waals surface area (Å²) in [5, 5.41) is 15.7. The molecule has 15 nitrogen and oxygen atoms in total. The first-order valence-corrected chi connectivity index (χ1v) is 20.2. The number of carbonyl (C=O) groups is 4. The number of carboxylic acids is 1. The predicted octanol–water partition coefficient (Wildman–Crippen LogP) is 6.27. The highest BCUT2D eigenvalue weighted by Crippen LogP contribution is 2.28. The van der Waals surface area contributed by atoms with Crippen LogP contribution in [0.5, 0.6) is 0 Å². The van der Waals surface area contributed by atoms with Gasteiger partial charge in [0.1, 0.15) is 17.2 Å². The van der Waals surface area contributed by atoms with Crippen LogP contribution in [0.2, 0.25) is 0 Å². The fourth-order valence-corrected chi connectivity index (χ4v) is 7.39. The first-order valence-electron chi connectivity index (χ1n) is 20.2. The molecule has 0 fully saturated rings. The highest BCUT2D eigenvalue weighted by molar-refractivity contribution is 6.19. The Hall–Kier alpha value is -7.26. The Morgan fingerprint density at radius 3 is 2.08 bits per heavy atom. The van der Waals surface area contributed by atoms with Gasteiger partial charge in [0.15, 0.2) is 0 Å². The van der Waals surface area contributed by atoms with Crippen LogP contribution in [0.25, 0.3) is 10.9 Å². The van der Waals surface area contributed by atoms with Crippen LogP contribution in [0, 0.1) is 0 Å². The Morgan fingerprint density at radius 2 is 1.41 bits per heavy atom. The van der Waals surface area contributed by atoms with Crippen molar-refractivity contribution < 1.29 is 24.3 Å². The van der Waals surface area contributed by atoms with Gasteiger partial charge in [-0.1, -0.05) is 68.4 Å². The molecule has 0 aliphatic carbocycles. The average molecular weight is 827 g/mol. The van der Waals surface area contributed by atoms with Crippen molar-refractivity contribution in [3.8, 4) is 0 Å². The predicted molar refractivity (Wildman–Crippen MR) is 236 cm³/mol. The van der Waals surface area contributed by atoms with Crippen LogP contribution in [0.1, 0.15) is 91.4 Å². The number of nitrogens with zero attached hydrogens (tertiary/aromatic N) is 2. The Kier molecular flexibility index (Phi) is 14.0. The van der Waals surface area contributed by atoms with Crippen molar-refractivity contribution in [2.45, 2.75) is 58.5 Å². The highest BCUT2D eigenvalue weighted by atomic mass is 16.4. The van der Waals surface area contributed by atoms with Crippen LogP contribution in [-0.4, -0.2) is 79.7 Å². The van der Waals surface area contributed by atoms with Crippen LogP contribution in [0.15, 0.2) is 107 Å². The van der Waals surface area contributed by atoms with Gasteiger partial charge in [0.25, 0.3) is 23.3 Å². The number of anilines is 3. The molecule has 0 radical (unpaired) electrons. The Balaban J connectivity index is 1.11. The quantitative estimate of drug-likeness (QED) is 0.0518. The van der Waals surface area contributed by atoms with E-state index in [1.807, 2.05) is 71.7 Å². The minimum atomic E-state index is -0.947. The van der Waals surface area contributed by atoms with E-state index in [4.69, 9.17) is 10.8 Å². The first kappa shape index (κ1) is 43.3. The molecule has 6 rings (SSSR count). The number of H-pyrrole nitrogens is 3. The van der Waals surface area contributed by atoms with E-state index in [-0.39, 0.29) is 35.3 Å². The largest absolute Gasteiger partial charge is 0.478 e. The van der Waals surface area contributed by atoms with Gasteiger partial charge in [0.2, 0.25) is 0 Å². The fourth-order valence-electron chi connectivity index (χ4n) is 7.39. The Bertz CT molecular complexity index is 2640. The number of carboxylic acid groups (broad SMARTS) is 1. The van der Waals surface area contributed by atoms with Crippen LogP contribution < -0.4 is 27.6 Å². The number of fused-ring (bicyclic) bond motifs is 1. The number of aromatic carboxylic acids is 1. The van der Waals surface area contributed by atoms with E-state index < -0.39 is 34.9 Å². The third-order valence-corrected chi connectivity index (χ3v) is 10.8. The van der Waals surface area contributed by atoms with Crippen LogP contribution >= 0.6 is 0 Å². The zero-order valence-corrected chi connectivity index (χ0v) is 34.3. The number of nitrogen functional groups attached to an aromatic ring is 1. The van der Waals surface area contributed by atoms with Gasteiger partial charge in [-0.25, -0.2) is 9.59 Å². The summed E-state index contributed by atoms with van der Waals surface area (Å²) in [6.45, 7) is 5.37. The number of aryl methyl sites for hydroxylation is 2. The maximum Gasteiger partial charge on any atom is 0.335 e. The van der Waals surface area contributed by atoms with Crippen molar-refractivity contribution in [3.63, 3.8) is 0 Å². The topological polar surface area (TPSA) is 227 Å². The molecule has 8 N–H and O–H groups in total. The zero-order valence-electron chi connectivity index (χ0n) is 34.3. The SMILES string of the molecule is CCC(CC)N(CCN(C)C(=O)c1[nH]c(=O)[nH]c(=O)c1N)Cc1cccc(C(=O)Nc2[nH]c3ccccc3c2C(=O)Nc2ccc(CCCc3ccc(C(=O)O)cc3)cc2)c1. The lowest BCUT2D eigenvalue weighted by Crippen LogP contribution is -2.42. The lowest BCUT2D eigenvalue weighted by Gasteiger charge is -2.32. The van der Waals surface area contributed by atoms with Crippen LogP contribution in [-0.2, 0) is 19.4 Å². The second kappa shape index (κ2) is 19.7. The van der Waals surface area contributed by atoms with Crippen molar-refractivity contribution in [3.05, 3.63) is 157 Å². The summed E-state index contributed by atoms with van der Waals surface area (Å²) in [6.07, 6.45) is 4.16. The van der Waals surface area contributed by atoms with E-state index in [2.05, 4.69) is 39.3 Å². The van der Waals surface area contributed by atoms with E-state index >= 15 is 0 Å². The Labute approximate surface area is 352 Å². The van der Waals surface area contributed by atoms with Gasteiger partial charge in [-0.05, 0) is 91.3 Å². The monoisotopic (exact) mass is 826 g/mol. The fraction of sp³-hybridized carbons (Fsp3) is 0.261. The summed E-state index contributed by atoms with van der Waals surface area (Å²) >= 11 is 0. The standard InChI is InChI=1S/C46H50N8O7/c1-4-34(5-2)54(25-24-53(3)44(58)39-38(47)43(57)52-46(61)50-39)27-30-12-9-13-32(26-30)41(55)51-40-37(35-14-6-7-15-36(35)49-40)42(56)48-33-22-18-29(19-23-33)11-8-10-28-16-20-31(21-17-28)45(59)60/h6-7,9,12-23,26,34,49H,4-5,8,10-11,24-25,27,47H2,1-3H3,(H,48,56)(H,51,55)(H,59,60)(H2,50,52,57,61). The summed E-state index contributed by atoms with van der Waals surface area (Å²) in [7, 11) is 1.57. The van der Waals surface area contributed by atoms with Gasteiger partial charge in [0, 0.05) is 54.9 Å². The smallest absolute Gasteiger partial charge is 0.335 e. The molecule has 2 aromatic heterocycles. The molecule has 61 heavy (non-hydrogen) atoms. The molecule has 0 bridgehead atoms. The van der Waals surface area contributed by atoms with Gasteiger partial charge < -0.3 is 36.3 Å². The van der Waals surface area contributed by atoms with Crippen molar-refractivity contribution >= 4 is 51.8 Å². The summed E-state index contributed by atoms with van der Waals surface area (Å²) in [5.41, 5.74) is 8.78. The summed E-state index contributed by atoms with van der Waals surface area (Å²) in [4.78, 5) is 87.1. The summed E-state index contributed by atoms with van der Waals surface area (Å²) in [5.74, 6) is -2.07. The second-order valence-corrected chi connectivity index (χ2v) is 14.9. The van der Waals surface area contributed by atoms with E-state index in [0.29, 0.717) is 40.8 Å². The molecule has 0 aliphatic rings. The van der Waals surface area contributed by atoms with Crippen molar-refractivity contribution in [1.82, 2.24) is 24.8 Å². The minimum Gasteiger partial charge on any atom is -0.478 e. The molecule has 3 amide bonds. The molecule has 4 aromatic carbocycles. The molecule has 0 atom stereocenters. The number of amides is 3. The average Bonchev–Trinajstić information content (AvgIpc) is 3.62. The number of aromatic amines is 3. The van der Waals surface area contributed by atoms with Gasteiger partial charge in [0.05, 0.1) is 11.1 Å². The lowest BCUT2D eigenvalue weighted by atomic mass is 10.0. The highest BCUT2D eigenvalue weighted by Gasteiger charge is 2.23. The van der Waals surface area contributed by atoms with E-state index in [0.717, 1.165) is 48.8 Å². The van der Waals surface area contributed by atoms with Gasteiger partial charge in [-0.15, -0.1) is 0 Å². The number of nitrogens with two attached hydrogens (primary N) is 1. The summed E-state index contributed by atoms with van der Waals surface area (Å²) < 4.78 is 0. The normalized spacial score (nSPS) is 11.2. The van der Waals surface area contributed by atoms with Gasteiger partial charge in [-0.2, -0.15) is 0 Å². The number of aromatic nitrogens is 3. The molecule has 6 aromatic rings. The first-order chi connectivity index (χ1) is 29.3. The minimum absolute atomic E-state index is 0.158. The molecule has 0 unspecified atom stereocenters. The number of para-hydroxylation sites is 1. The van der Waals surface area contributed by atoms with Gasteiger partial charge in [-0.3, -0.25) is 29.1 Å². The number of hydrogen-bond donors (Lipinski definition) is 7. The molecule has 0 saturated carbocycles. The van der Waals surface area contributed by atoms with E-state index in [9.17, 15) is 28.8 Å². The van der Waals surface area contributed by atoms with Gasteiger partial charge >= 0.3 is 11.7 Å². The van der Waals surface area contributed by atoms with E-state index in [1.165, 1.54) is 4.90 Å². The lowest BCUT2D eigenvalue weighted by molar-refractivity contribution is 0.0695. The van der Waals surface area contributed by atoms with Crippen LogP contribution in [0.4, 0.5) is 17.2 Å². The number of rotatable bonds is 18. The van der Waals surface area contributed by atoms with Crippen molar-refractivity contribution in [1.29, 1.82) is 0 Å². The number of carbonyl (C=O) groups excluding carboxylic acids is 3. The maximum absolute atomic E-state index is 13.9. The molecule has 0 saturated heterocycles. The zero-order chi connectivity index (χ0) is 43.6. The molecule has 2 heterocycles. The number of likely N-dealkylation sites (N-methyl/N-ethyl adjacent to an activating group) is 1. The second-order valence-electron chi connectivity index (χ2n) is 14.9. The third-order valence-electron chi connectivity index (χ3n) is 10.8. The number of hydrogen-bond acceptors (Lipinski definition) is 8. The Morgan fingerprint density at radius 1 is 0.738 bits per heavy atom. The maximum atomic E-state index is 13.9. The summed E-state index contributed by atoms with van der Waals surface area (Å²) in [6, 6.07) is 29.2. The van der Waals surface area contributed by atoms with E-state index in [1.54, 1.807) is 37.4 Å². The van der Waals surface area contributed by atoms with Crippen LogP contribution in [0.3, 0.4) is 0 Å². The molecule has 0 aliphatic heterocycles. The number of benzene rings is 4. The molecule has 316 valence electrons. The molecule has 15 heteroatoms. The van der Waals surface area contributed by atoms with Crippen molar-refractivity contribution in [2.75, 3.05) is 36.5 Å².